The molecule has 4 rings (SSSR count). The average Bonchev–Trinajstić information content (AvgIpc) is 2.88. The van der Waals surface area contributed by atoms with E-state index in [2.05, 4.69) is 0 Å². The Morgan fingerprint density at radius 1 is 0.628 bits per heavy atom. The van der Waals surface area contributed by atoms with Crippen LogP contribution in [0.2, 0.25) is 10.0 Å². The van der Waals surface area contributed by atoms with Crippen molar-refractivity contribution in [3.8, 4) is 33.8 Å². The third kappa shape index (κ3) is 6.22. The molecule has 0 bridgehead atoms. The fourth-order valence-corrected chi connectivity index (χ4v) is 5.04. The van der Waals surface area contributed by atoms with E-state index in [0.717, 1.165) is 48.5 Å². The van der Waals surface area contributed by atoms with E-state index in [1.807, 2.05) is 0 Å². The van der Waals surface area contributed by atoms with Crippen LogP contribution >= 0.6 is 23.2 Å². The minimum Gasteiger partial charge on any atom is -0.456 e. The smallest absolute Gasteiger partial charge is 0.416 e. The monoisotopic (exact) mass is 644 g/mol. The van der Waals surface area contributed by atoms with Crippen molar-refractivity contribution in [2.75, 3.05) is 0 Å². The van der Waals surface area contributed by atoms with Gasteiger partial charge >= 0.3 is 12.4 Å². The molecule has 4 aromatic carbocycles. The predicted molar refractivity (Wildman–Crippen MR) is 147 cm³/mol. The van der Waals surface area contributed by atoms with Gasteiger partial charge in [0.2, 0.25) is 0 Å². The summed E-state index contributed by atoms with van der Waals surface area (Å²) in [5.74, 6) is -0.301. The molecule has 43 heavy (non-hydrogen) atoms. The zero-order valence-electron chi connectivity index (χ0n) is 21.7. The zero-order chi connectivity index (χ0) is 32.0. The highest BCUT2D eigenvalue weighted by Crippen LogP contribution is 2.48. The lowest BCUT2D eigenvalue weighted by Gasteiger charge is -2.20. The molecule has 224 valence electrons. The van der Waals surface area contributed by atoms with Crippen LogP contribution in [0, 0.1) is 34.1 Å². The van der Waals surface area contributed by atoms with Crippen molar-refractivity contribution >= 4 is 34.6 Å². The predicted octanol–water partition coefficient (Wildman–Crippen LogP) is 10.6. The molecule has 0 aromatic heterocycles. The van der Waals surface area contributed by atoms with E-state index in [-0.39, 0.29) is 44.9 Å². The van der Waals surface area contributed by atoms with Gasteiger partial charge in [-0.25, -0.2) is 0 Å². The van der Waals surface area contributed by atoms with Crippen LogP contribution in [-0.2, 0) is 12.4 Å². The molecule has 0 amide bonds. The number of nitro benzene ring substituents is 2. The Kier molecular flexibility index (Phi) is 8.35. The van der Waals surface area contributed by atoms with Gasteiger partial charge in [-0.2, -0.15) is 26.3 Å². The summed E-state index contributed by atoms with van der Waals surface area (Å²) >= 11 is 12.4. The fraction of sp³-hybridized carbons (Fsp3) is 0.143. The largest absolute Gasteiger partial charge is 0.456 e. The first-order valence-corrected chi connectivity index (χ1v) is 12.7. The lowest BCUT2D eigenvalue weighted by atomic mass is 9.95. The maximum atomic E-state index is 13.3. The van der Waals surface area contributed by atoms with Gasteiger partial charge in [-0.1, -0.05) is 35.3 Å². The van der Waals surface area contributed by atoms with Gasteiger partial charge in [-0.3, -0.25) is 20.2 Å². The molecule has 0 radical (unpaired) electrons. The Bertz CT molecular complexity index is 1660. The maximum Gasteiger partial charge on any atom is 0.416 e. The normalized spacial score (nSPS) is 11.9. The van der Waals surface area contributed by atoms with Crippen LogP contribution in [-0.4, -0.2) is 9.85 Å². The van der Waals surface area contributed by atoms with Crippen molar-refractivity contribution in [3.05, 3.63) is 113 Å². The summed E-state index contributed by atoms with van der Waals surface area (Å²) < 4.78 is 85.8. The van der Waals surface area contributed by atoms with E-state index in [1.54, 1.807) is 0 Å². The summed E-state index contributed by atoms with van der Waals surface area (Å²) in [6.45, 7) is 2.64. The SMILES string of the molecule is Cc1c([N+](=O)[O-])ccc(Oc2ccc([N+](=O)[O-])c(C)c2-c2ccc(C(F)(F)F)cc2Cl)c1-c1ccc(C(F)(F)F)cc1Cl. The van der Waals surface area contributed by atoms with Crippen LogP contribution in [0.15, 0.2) is 60.7 Å². The highest BCUT2D eigenvalue weighted by Gasteiger charge is 2.33. The van der Waals surface area contributed by atoms with E-state index in [4.69, 9.17) is 27.9 Å². The van der Waals surface area contributed by atoms with Crippen LogP contribution in [0.4, 0.5) is 37.7 Å². The molecule has 0 heterocycles. The first-order valence-electron chi connectivity index (χ1n) is 11.9. The quantitative estimate of drug-likeness (QED) is 0.118. The molecule has 0 saturated carbocycles. The van der Waals surface area contributed by atoms with Crippen molar-refractivity contribution in [2.45, 2.75) is 26.2 Å². The van der Waals surface area contributed by atoms with E-state index in [9.17, 15) is 46.6 Å². The molecule has 4 aromatic rings. The number of ether oxygens (including phenoxy) is 1. The van der Waals surface area contributed by atoms with Crippen LogP contribution in [0.25, 0.3) is 22.3 Å². The number of nitrogens with zero attached hydrogens (tertiary/aromatic N) is 2. The Morgan fingerprint density at radius 3 is 1.26 bits per heavy atom. The third-order valence-corrected chi connectivity index (χ3v) is 7.17. The number of nitro groups is 2. The molecule has 0 aliphatic heterocycles. The molecule has 15 heteroatoms. The zero-order valence-corrected chi connectivity index (χ0v) is 23.2. The Balaban J connectivity index is 1.98. The fourth-order valence-electron chi connectivity index (χ4n) is 4.49. The molecule has 0 saturated heterocycles. The van der Waals surface area contributed by atoms with Crippen molar-refractivity contribution in [2.24, 2.45) is 0 Å². The van der Waals surface area contributed by atoms with Gasteiger partial charge in [0, 0.05) is 55.6 Å². The molecule has 0 atom stereocenters. The highest BCUT2D eigenvalue weighted by atomic mass is 35.5. The molecule has 0 N–H and O–H groups in total. The number of alkyl halides is 6. The maximum absolute atomic E-state index is 13.3. The third-order valence-electron chi connectivity index (χ3n) is 6.54. The van der Waals surface area contributed by atoms with E-state index in [0.29, 0.717) is 12.1 Å². The Labute approximate surface area is 248 Å². The van der Waals surface area contributed by atoms with Crippen LogP contribution < -0.4 is 4.74 Å². The van der Waals surface area contributed by atoms with Gasteiger partial charge in [0.05, 0.1) is 21.0 Å². The van der Waals surface area contributed by atoms with Gasteiger partial charge in [-0.05, 0) is 50.2 Å². The lowest BCUT2D eigenvalue weighted by Crippen LogP contribution is -2.05. The second-order valence-electron chi connectivity index (χ2n) is 9.17. The number of hydrogen-bond acceptors (Lipinski definition) is 5. The van der Waals surface area contributed by atoms with Crippen LogP contribution in [0.3, 0.4) is 0 Å². The van der Waals surface area contributed by atoms with Gasteiger partial charge < -0.3 is 4.74 Å². The molecule has 7 nitrogen and oxygen atoms in total. The van der Waals surface area contributed by atoms with Crippen molar-refractivity contribution in [1.29, 1.82) is 0 Å². The van der Waals surface area contributed by atoms with Crippen LogP contribution in [0.5, 0.6) is 11.5 Å². The molecular weight excluding hydrogens is 629 g/mol. The first-order chi connectivity index (χ1) is 19.9. The molecule has 0 aliphatic rings. The summed E-state index contributed by atoms with van der Waals surface area (Å²) in [5, 5.41) is 22.6. The second kappa shape index (κ2) is 11.4. The summed E-state index contributed by atoms with van der Waals surface area (Å²) in [5.41, 5.74) is -3.27. The highest BCUT2D eigenvalue weighted by molar-refractivity contribution is 6.34. The number of rotatable bonds is 6. The summed E-state index contributed by atoms with van der Waals surface area (Å²) in [7, 11) is 0. The van der Waals surface area contributed by atoms with Crippen molar-refractivity contribution in [3.63, 3.8) is 0 Å². The summed E-state index contributed by atoms with van der Waals surface area (Å²) in [4.78, 5) is 21.9. The van der Waals surface area contributed by atoms with Crippen molar-refractivity contribution in [1.82, 2.24) is 0 Å². The van der Waals surface area contributed by atoms with Crippen LogP contribution in [0.1, 0.15) is 22.3 Å². The molecule has 0 spiro atoms. The van der Waals surface area contributed by atoms with E-state index < -0.39 is 54.7 Å². The summed E-state index contributed by atoms with van der Waals surface area (Å²) in [6.07, 6.45) is -9.46. The van der Waals surface area contributed by atoms with Crippen molar-refractivity contribution < 1.29 is 40.9 Å². The standard InChI is InChI=1S/C28H16Cl2F6N2O5/c1-13-21(37(39)40)7-9-23(25(13)17-5-3-15(11-19(17)29)27(31,32)33)43-24-10-8-22(38(41)42)14(2)26(24)18-6-4-16(12-20(18)30)28(34,35)36/h3-12H,1-2H3. The van der Waals surface area contributed by atoms with Gasteiger partial charge in [0.15, 0.2) is 0 Å². The van der Waals surface area contributed by atoms with Gasteiger partial charge in [-0.15, -0.1) is 0 Å². The average molecular weight is 645 g/mol. The second-order valence-corrected chi connectivity index (χ2v) is 9.98. The molecule has 0 unspecified atom stereocenters. The minimum absolute atomic E-state index is 0.0306. The molecule has 0 aliphatic carbocycles. The molecular formula is C28H16Cl2F6N2O5. The van der Waals surface area contributed by atoms with E-state index in [1.165, 1.54) is 13.8 Å². The number of benzene rings is 4. The number of hydrogen-bond donors (Lipinski definition) is 0. The van der Waals surface area contributed by atoms with Gasteiger partial charge in [0.1, 0.15) is 11.5 Å². The van der Waals surface area contributed by atoms with E-state index >= 15 is 0 Å². The Morgan fingerprint density at radius 2 is 0.977 bits per heavy atom. The minimum atomic E-state index is -4.73. The first kappa shape index (κ1) is 31.6. The Hall–Kier alpha value is -4.36. The summed E-state index contributed by atoms with van der Waals surface area (Å²) in [6, 6.07) is 9.23. The molecule has 0 fully saturated rings. The number of halogens is 8. The topological polar surface area (TPSA) is 95.5 Å². The lowest BCUT2D eigenvalue weighted by molar-refractivity contribution is -0.385. The van der Waals surface area contributed by atoms with Gasteiger partial charge in [0.25, 0.3) is 11.4 Å².